The molecule has 0 spiro atoms. The molecule has 1 heterocycles. The normalized spacial score (nSPS) is 14.3. The lowest BCUT2D eigenvalue weighted by Crippen LogP contribution is -2.16. The summed E-state index contributed by atoms with van der Waals surface area (Å²) in [6.07, 6.45) is 11.6. The van der Waals surface area contributed by atoms with Crippen molar-refractivity contribution in [1.82, 2.24) is 14.9 Å². The van der Waals surface area contributed by atoms with E-state index in [2.05, 4.69) is 27.7 Å². The van der Waals surface area contributed by atoms with E-state index in [9.17, 15) is 0 Å². The first-order chi connectivity index (χ1) is 13.1. The van der Waals surface area contributed by atoms with Gasteiger partial charge in [-0.3, -0.25) is 9.98 Å². The highest BCUT2D eigenvalue weighted by molar-refractivity contribution is 5.62. The Morgan fingerprint density at radius 1 is 1.33 bits per heavy atom. The molecule has 5 nitrogen and oxygen atoms in total. The summed E-state index contributed by atoms with van der Waals surface area (Å²) in [5, 5.41) is 0. The second-order valence-corrected chi connectivity index (χ2v) is 7.01. The van der Waals surface area contributed by atoms with E-state index in [1.165, 1.54) is 18.8 Å². The Labute approximate surface area is 159 Å². The van der Waals surface area contributed by atoms with Crippen LogP contribution in [0.15, 0.2) is 41.9 Å². The summed E-state index contributed by atoms with van der Waals surface area (Å²) in [6, 6.07) is 3.90. The highest BCUT2D eigenvalue weighted by atomic mass is 19.1. The molecular formula is C21H26FN5. The maximum atomic E-state index is 15.4. The van der Waals surface area contributed by atoms with Crippen LogP contribution < -0.4 is 5.73 Å². The molecule has 1 aromatic heterocycles. The van der Waals surface area contributed by atoms with E-state index in [4.69, 9.17) is 5.73 Å². The zero-order valence-corrected chi connectivity index (χ0v) is 15.7. The molecular weight excluding hydrogens is 341 g/mol. The molecule has 1 aromatic carbocycles. The van der Waals surface area contributed by atoms with Crippen molar-refractivity contribution in [2.24, 2.45) is 4.99 Å². The molecule has 2 N–H and O–H groups in total. The van der Waals surface area contributed by atoms with Gasteiger partial charge in [0.2, 0.25) is 0 Å². The van der Waals surface area contributed by atoms with E-state index in [-0.39, 0.29) is 5.82 Å². The number of nitrogens with two attached hydrogens (primary N) is 1. The van der Waals surface area contributed by atoms with Crippen molar-refractivity contribution >= 4 is 12.5 Å². The van der Waals surface area contributed by atoms with Gasteiger partial charge in [0.25, 0.3) is 0 Å². The summed E-state index contributed by atoms with van der Waals surface area (Å²) in [7, 11) is 1.98. The number of aliphatic imine (C=N–C) groups is 1. The molecule has 142 valence electrons. The van der Waals surface area contributed by atoms with E-state index in [0.29, 0.717) is 29.4 Å². The van der Waals surface area contributed by atoms with Crippen LogP contribution in [0.3, 0.4) is 0 Å². The number of nitrogen functional groups attached to an aromatic ring is 1. The van der Waals surface area contributed by atoms with Gasteiger partial charge in [0.1, 0.15) is 11.6 Å². The Kier molecular flexibility index (Phi) is 6.16. The van der Waals surface area contributed by atoms with E-state index >= 15 is 4.39 Å². The van der Waals surface area contributed by atoms with Gasteiger partial charge >= 0.3 is 0 Å². The van der Waals surface area contributed by atoms with Gasteiger partial charge < -0.3 is 10.6 Å². The van der Waals surface area contributed by atoms with Crippen LogP contribution in [-0.2, 0) is 6.42 Å². The predicted molar refractivity (Wildman–Crippen MR) is 108 cm³/mol. The van der Waals surface area contributed by atoms with Crippen LogP contribution in [0.4, 0.5) is 10.2 Å². The number of hydrogen-bond donors (Lipinski definition) is 1. The lowest BCUT2D eigenvalue weighted by atomic mass is 9.77. The van der Waals surface area contributed by atoms with Gasteiger partial charge in [0.15, 0.2) is 0 Å². The van der Waals surface area contributed by atoms with Crippen LogP contribution in [0.5, 0.6) is 0 Å². The first-order valence-electron chi connectivity index (χ1n) is 9.32. The SMILES string of the molecule is C=N/C=C\N(C)CCCc1c(C2CCC2)ccc(-c2cnc(N)cn2)c1F. The van der Waals surface area contributed by atoms with Crippen LogP contribution in [0, 0.1) is 5.82 Å². The first-order valence-corrected chi connectivity index (χ1v) is 9.32. The molecule has 0 saturated heterocycles. The molecule has 0 aliphatic heterocycles. The quantitative estimate of drug-likeness (QED) is 0.711. The molecule has 0 amide bonds. The summed E-state index contributed by atoms with van der Waals surface area (Å²) >= 11 is 0. The zero-order chi connectivity index (χ0) is 19.2. The molecule has 27 heavy (non-hydrogen) atoms. The van der Waals surface area contributed by atoms with Gasteiger partial charge in [-0.2, -0.15) is 0 Å². The van der Waals surface area contributed by atoms with Crippen molar-refractivity contribution in [2.45, 2.75) is 38.0 Å². The van der Waals surface area contributed by atoms with Gasteiger partial charge in [-0.15, -0.1) is 0 Å². The largest absolute Gasteiger partial charge is 0.382 e. The molecule has 0 atom stereocenters. The van der Waals surface area contributed by atoms with E-state index < -0.39 is 0 Å². The minimum atomic E-state index is -0.176. The minimum Gasteiger partial charge on any atom is -0.382 e. The summed E-state index contributed by atoms with van der Waals surface area (Å²) in [6.45, 7) is 4.25. The fourth-order valence-electron chi connectivity index (χ4n) is 3.41. The summed E-state index contributed by atoms with van der Waals surface area (Å²) in [5.41, 5.74) is 8.57. The van der Waals surface area contributed by atoms with Crippen molar-refractivity contribution in [2.75, 3.05) is 19.3 Å². The monoisotopic (exact) mass is 367 g/mol. The van der Waals surface area contributed by atoms with E-state index in [0.717, 1.165) is 36.9 Å². The minimum absolute atomic E-state index is 0.176. The molecule has 0 unspecified atom stereocenters. The van der Waals surface area contributed by atoms with E-state index in [1.54, 1.807) is 6.20 Å². The molecule has 1 fully saturated rings. The van der Waals surface area contributed by atoms with Crippen molar-refractivity contribution < 1.29 is 4.39 Å². The molecule has 3 rings (SSSR count). The average molecular weight is 367 g/mol. The standard InChI is InChI=1S/C21H26FN5/c1-24-10-12-27(2)11-4-7-17-16(15-5-3-6-15)8-9-18(21(17)22)19-13-26-20(23)14-25-19/h8-10,12-15H,1,3-7,11H2,2H3,(H2,23,26)/b12-10-. The van der Waals surface area contributed by atoms with Crippen molar-refractivity contribution in [3.8, 4) is 11.3 Å². The third kappa shape index (κ3) is 4.51. The van der Waals surface area contributed by atoms with Gasteiger partial charge in [0, 0.05) is 31.6 Å². The number of nitrogens with zero attached hydrogens (tertiary/aromatic N) is 4. The van der Waals surface area contributed by atoms with Crippen molar-refractivity contribution in [3.63, 3.8) is 0 Å². The Bertz CT molecular complexity index is 812. The Balaban J connectivity index is 1.84. The van der Waals surface area contributed by atoms with E-state index in [1.807, 2.05) is 24.2 Å². The lowest BCUT2D eigenvalue weighted by Gasteiger charge is -2.29. The number of anilines is 1. The number of hydrogen-bond acceptors (Lipinski definition) is 5. The molecule has 0 bridgehead atoms. The second kappa shape index (κ2) is 8.75. The Morgan fingerprint density at radius 2 is 2.15 bits per heavy atom. The number of rotatable bonds is 8. The number of aromatic nitrogens is 2. The fraction of sp³-hybridized carbons (Fsp3) is 0.381. The third-order valence-electron chi connectivity index (χ3n) is 5.14. The van der Waals surface area contributed by atoms with Crippen LogP contribution in [0.25, 0.3) is 11.3 Å². The predicted octanol–water partition coefficient (Wildman–Crippen LogP) is 4.17. The molecule has 1 aliphatic rings. The molecule has 6 heteroatoms. The summed E-state index contributed by atoms with van der Waals surface area (Å²) in [5.74, 6) is 0.628. The maximum absolute atomic E-state index is 15.4. The van der Waals surface area contributed by atoms with Crippen LogP contribution in [-0.4, -0.2) is 35.2 Å². The van der Waals surface area contributed by atoms with Gasteiger partial charge in [-0.1, -0.05) is 12.5 Å². The highest BCUT2D eigenvalue weighted by Gasteiger charge is 2.25. The van der Waals surface area contributed by atoms with Gasteiger partial charge in [0.05, 0.1) is 18.1 Å². The fourth-order valence-corrected chi connectivity index (χ4v) is 3.41. The lowest BCUT2D eigenvalue weighted by molar-refractivity contribution is 0.410. The zero-order valence-electron chi connectivity index (χ0n) is 15.7. The van der Waals surface area contributed by atoms with Crippen LogP contribution in [0.1, 0.15) is 42.7 Å². The second-order valence-electron chi connectivity index (χ2n) is 7.01. The van der Waals surface area contributed by atoms with Gasteiger partial charge in [-0.25, -0.2) is 9.37 Å². The smallest absolute Gasteiger partial charge is 0.141 e. The van der Waals surface area contributed by atoms with Gasteiger partial charge in [-0.05, 0) is 55.5 Å². The van der Waals surface area contributed by atoms with Crippen molar-refractivity contribution in [1.29, 1.82) is 0 Å². The van der Waals surface area contributed by atoms with Crippen molar-refractivity contribution in [3.05, 3.63) is 53.9 Å². The average Bonchev–Trinajstić information content (AvgIpc) is 2.62. The van der Waals surface area contributed by atoms with Crippen LogP contribution >= 0.6 is 0 Å². The van der Waals surface area contributed by atoms with Crippen LogP contribution in [0.2, 0.25) is 0 Å². The Hall–Kier alpha value is -2.76. The molecule has 1 aliphatic carbocycles. The Morgan fingerprint density at radius 3 is 2.78 bits per heavy atom. The topological polar surface area (TPSA) is 67.4 Å². The molecule has 0 radical (unpaired) electrons. The molecule has 1 saturated carbocycles. The highest BCUT2D eigenvalue weighted by Crippen LogP contribution is 2.40. The molecule has 2 aromatic rings. The third-order valence-corrected chi connectivity index (χ3v) is 5.14. The first kappa shape index (κ1) is 19.0. The maximum Gasteiger partial charge on any atom is 0.141 e. The summed E-state index contributed by atoms with van der Waals surface area (Å²) in [4.78, 5) is 14.0. The number of halogens is 1. The summed E-state index contributed by atoms with van der Waals surface area (Å²) < 4.78 is 15.4. The number of benzene rings is 1.